The van der Waals surface area contributed by atoms with Crippen molar-refractivity contribution >= 4 is 55.1 Å². The summed E-state index contributed by atoms with van der Waals surface area (Å²) >= 11 is 0. The van der Waals surface area contributed by atoms with Crippen molar-refractivity contribution in [2.24, 2.45) is 5.92 Å². The van der Waals surface area contributed by atoms with Crippen LogP contribution in [0.25, 0.3) is 71.7 Å². The highest BCUT2D eigenvalue weighted by Gasteiger charge is 2.40. The molecule has 0 saturated carbocycles. The lowest BCUT2D eigenvalue weighted by molar-refractivity contribution is 0.533. The quantitative estimate of drug-likeness (QED) is 0.182. The number of hydrogen-bond acceptors (Lipinski definition) is 2. The van der Waals surface area contributed by atoms with Gasteiger partial charge < -0.3 is 13.9 Å². The molecule has 3 aliphatic rings. The van der Waals surface area contributed by atoms with E-state index in [9.17, 15) is 0 Å². The number of benzene rings is 7. The van der Waals surface area contributed by atoms with Gasteiger partial charge in [-0.1, -0.05) is 123 Å². The van der Waals surface area contributed by atoms with Crippen molar-refractivity contribution in [2.45, 2.75) is 31.7 Å². The molecular formula is C52H38N2O. The molecule has 3 heteroatoms. The van der Waals surface area contributed by atoms with Gasteiger partial charge in [-0.2, -0.15) is 0 Å². The first-order valence-corrected chi connectivity index (χ1v) is 19.5. The summed E-state index contributed by atoms with van der Waals surface area (Å²) in [6, 6.07) is 54.0. The fourth-order valence-corrected chi connectivity index (χ4v) is 10.1. The predicted molar refractivity (Wildman–Crippen MR) is 229 cm³/mol. The van der Waals surface area contributed by atoms with Gasteiger partial charge in [-0.25, -0.2) is 0 Å². The maximum absolute atomic E-state index is 6.59. The maximum Gasteiger partial charge on any atom is 0.143 e. The first-order chi connectivity index (χ1) is 27.0. The Morgan fingerprint density at radius 3 is 2.25 bits per heavy atom. The molecule has 1 unspecified atom stereocenters. The van der Waals surface area contributed by atoms with E-state index in [1.54, 1.807) is 0 Å². The molecule has 0 saturated heterocycles. The van der Waals surface area contributed by atoms with Crippen LogP contribution in [0.4, 0.5) is 11.4 Å². The second-order valence-corrected chi connectivity index (χ2v) is 16.1. The molecule has 2 atom stereocenters. The third-order valence-corrected chi connectivity index (χ3v) is 12.8. The van der Waals surface area contributed by atoms with Crippen LogP contribution in [0, 0.1) is 5.92 Å². The highest BCUT2D eigenvalue weighted by molar-refractivity contribution is 6.12. The van der Waals surface area contributed by atoms with Crippen molar-refractivity contribution in [1.29, 1.82) is 0 Å². The number of furan rings is 1. The Kier molecular flexibility index (Phi) is 6.29. The molecule has 3 nitrogen and oxygen atoms in total. The zero-order valence-corrected chi connectivity index (χ0v) is 30.8. The smallest absolute Gasteiger partial charge is 0.143 e. The summed E-state index contributed by atoms with van der Waals surface area (Å²) in [6.07, 6.45) is 10.3. The summed E-state index contributed by atoms with van der Waals surface area (Å²) in [5.74, 6) is 0.382. The first-order valence-electron chi connectivity index (χ1n) is 19.5. The van der Waals surface area contributed by atoms with Crippen molar-refractivity contribution in [1.82, 2.24) is 4.57 Å². The van der Waals surface area contributed by atoms with Crippen LogP contribution in [0.15, 0.2) is 174 Å². The van der Waals surface area contributed by atoms with E-state index in [2.05, 4.69) is 193 Å². The normalized spacial score (nSPS) is 17.9. The predicted octanol–water partition coefficient (Wildman–Crippen LogP) is 13.5. The molecule has 2 aliphatic carbocycles. The first kappa shape index (κ1) is 30.8. The molecular weight excluding hydrogens is 669 g/mol. The number of para-hydroxylation sites is 3. The van der Waals surface area contributed by atoms with Crippen LogP contribution in [0.1, 0.15) is 30.5 Å². The van der Waals surface area contributed by atoms with Crippen molar-refractivity contribution in [3.8, 4) is 27.9 Å². The maximum atomic E-state index is 6.59. The fraction of sp³-hybridized carbons (Fsp3) is 0.115. The summed E-state index contributed by atoms with van der Waals surface area (Å²) in [5, 5.41) is 4.91. The standard InChI is InChI=1S/C52H38N2O/c1-52(2)43-25-24-40-39-16-8-11-19-49(39)55-51(40)50(43)41-23-22-37(31-44(41)52)54-45-17-9-6-12-34(45)29-35-28-32(20-26-46(35)54)33-21-27-48-42(30-33)38-15-7-10-18-47(38)53(48)36-13-4-3-5-14-36/h3-28,30-31,34,45H,29H2,1-2H3/t34-,45?/m1/s1. The van der Waals surface area contributed by atoms with Crippen LogP contribution >= 0.6 is 0 Å². The topological polar surface area (TPSA) is 21.3 Å². The van der Waals surface area contributed by atoms with E-state index in [4.69, 9.17) is 4.42 Å². The number of allylic oxidation sites excluding steroid dienone is 2. The van der Waals surface area contributed by atoms with Gasteiger partial charge in [0.1, 0.15) is 11.2 Å². The molecule has 1 aliphatic heterocycles. The molecule has 262 valence electrons. The van der Waals surface area contributed by atoms with Crippen LogP contribution < -0.4 is 4.90 Å². The van der Waals surface area contributed by atoms with E-state index >= 15 is 0 Å². The minimum absolute atomic E-state index is 0.166. The second kappa shape index (κ2) is 11.2. The Bertz CT molecular complexity index is 3120. The average molecular weight is 707 g/mol. The van der Waals surface area contributed by atoms with Crippen LogP contribution in [-0.2, 0) is 11.8 Å². The van der Waals surface area contributed by atoms with E-state index in [0.717, 1.165) is 17.6 Å². The summed E-state index contributed by atoms with van der Waals surface area (Å²) < 4.78 is 8.98. The Labute approximate surface area is 320 Å². The Morgan fingerprint density at radius 1 is 0.582 bits per heavy atom. The average Bonchev–Trinajstić information content (AvgIpc) is 3.85. The van der Waals surface area contributed by atoms with Gasteiger partial charge in [0.15, 0.2) is 0 Å². The Hall–Kier alpha value is -6.58. The third-order valence-electron chi connectivity index (χ3n) is 12.8. The van der Waals surface area contributed by atoms with E-state index in [0.29, 0.717) is 5.92 Å². The van der Waals surface area contributed by atoms with Crippen molar-refractivity contribution in [2.75, 3.05) is 4.90 Å². The van der Waals surface area contributed by atoms with Gasteiger partial charge in [-0.3, -0.25) is 0 Å². The van der Waals surface area contributed by atoms with E-state index < -0.39 is 0 Å². The van der Waals surface area contributed by atoms with Gasteiger partial charge in [-0.15, -0.1) is 0 Å². The largest absolute Gasteiger partial charge is 0.455 e. The van der Waals surface area contributed by atoms with E-state index in [1.165, 1.54) is 88.6 Å². The summed E-state index contributed by atoms with van der Waals surface area (Å²) in [7, 11) is 0. The summed E-state index contributed by atoms with van der Waals surface area (Å²) in [4.78, 5) is 2.60. The Morgan fingerprint density at radius 2 is 1.35 bits per heavy atom. The Balaban J connectivity index is 0.983. The number of fused-ring (bicyclic) bond motifs is 12. The monoisotopic (exact) mass is 706 g/mol. The lowest BCUT2D eigenvalue weighted by atomic mass is 9.80. The highest BCUT2D eigenvalue weighted by atomic mass is 16.3. The molecule has 0 amide bonds. The van der Waals surface area contributed by atoms with Gasteiger partial charge in [0.05, 0.1) is 17.1 Å². The number of hydrogen-bond donors (Lipinski definition) is 0. The van der Waals surface area contributed by atoms with Crippen LogP contribution in [0.5, 0.6) is 0 Å². The zero-order valence-electron chi connectivity index (χ0n) is 30.8. The molecule has 3 heterocycles. The van der Waals surface area contributed by atoms with Gasteiger partial charge in [-0.05, 0) is 100 Å². The molecule has 0 radical (unpaired) electrons. The number of nitrogens with zero attached hydrogens (tertiary/aromatic N) is 2. The number of anilines is 2. The summed E-state index contributed by atoms with van der Waals surface area (Å²) in [6.45, 7) is 4.74. The SMILES string of the molecule is CC1(C)c2cc(N3c4ccc(-c5ccc6c(c5)c5ccccc5n6-c5ccccc5)cc4C[C@H]4C=CC=CC43)ccc2-c2c1ccc1c2oc2ccccc21. The number of aromatic nitrogens is 1. The minimum atomic E-state index is -0.166. The fourth-order valence-electron chi connectivity index (χ4n) is 10.1. The van der Waals surface area contributed by atoms with Crippen molar-refractivity contribution in [3.63, 3.8) is 0 Å². The molecule has 9 aromatic rings. The third kappa shape index (κ3) is 4.32. The molecule has 0 N–H and O–H groups in total. The lowest BCUT2D eigenvalue weighted by Crippen LogP contribution is -2.41. The molecule has 0 fully saturated rings. The van der Waals surface area contributed by atoms with Crippen LogP contribution in [-0.4, -0.2) is 10.6 Å². The van der Waals surface area contributed by atoms with E-state index in [1.807, 2.05) is 0 Å². The van der Waals surface area contributed by atoms with Crippen LogP contribution in [0.2, 0.25) is 0 Å². The molecule has 0 bridgehead atoms. The number of rotatable bonds is 3. The highest BCUT2D eigenvalue weighted by Crippen LogP contribution is 2.54. The molecule has 12 rings (SSSR count). The zero-order chi connectivity index (χ0) is 36.4. The van der Waals surface area contributed by atoms with Crippen molar-refractivity contribution in [3.05, 3.63) is 187 Å². The van der Waals surface area contributed by atoms with E-state index in [-0.39, 0.29) is 11.5 Å². The lowest BCUT2D eigenvalue weighted by Gasteiger charge is -2.43. The van der Waals surface area contributed by atoms with Crippen LogP contribution in [0.3, 0.4) is 0 Å². The minimum Gasteiger partial charge on any atom is -0.455 e. The molecule has 55 heavy (non-hydrogen) atoms. The van der Waals surface area contributed by atoms with Gasteiger partial charge in [0, 0.05) is 55.5 Å². The van der Waals surface area contributed by atoms with Gasteiger partial charge >= 0.3 is 0 Å². The van der Waals surface area contributed by atoms with Gasteiger partial charge in [0.25, 0.3) is 0 Å². The molecule has 7 aromatic carbocycles. The second-order valence-electron chi connectivity index (χ2n) is 16.1. The van der Waals surface area contributed by atoms with Crippen molar-refractivity contribution < 1.29 is 4.42 Å². The molecule has 2 aromatic heterocycles. The molecule has 0 spiro atoms. The summed E-state index contributed by atoms with van der Waals surface area (Å²) in [5.41, 5.74) is 17.0. The van der Waals surface area contributed by atoms with Gasteiger partial charge in [0.2, 0.25) is 0 Å².